The highest BCUT2D eigenvalue weighted by molar-refractivity contribution is 5.88. The van der Waals surface area contributed by atoms with Crippen LogP contribution in [0.25, 0.3) is 10.9 Å². The lowest BCUT2D eigenvalue weighted by molar-refractivity contribution is -0.134. The summed E-state index contributed by atoms with van der Waals surface area (Å²) in [7, 11) is 0. The van der Waals surface area contributed by atoms with Crippen molar-refractivity contribution in [2.45, 2.75) is 44.8 Å². The second-order valence-electron chi connectivity index (χ2n) is 6.29. The molecule has 1 unspecified atom stereocenters. The predicted octanol–water partition coefficient (Wildman–Crippen LogP) is 2.19. The van der Waals surface area contributed by atoms with Crippen LogP contribution in [0.1, 0.15) is 31.0 Å². The number of hydrogen-bond acceptors (Lipinski definition) is 2. The Bertz CT molecular complexity index is 690. The fourth-order valence-corrected chi connectivity index (χ4v) is 3.78. The van der Waals surface area contributed by atoms with E-state index in [0.717, 1.165) is 32.4 Å². The van der Waals surface area contributed by atoms with E-state index in [1.165, 1.54) is 22.2 Å². The molecule has 1 amide bonds. The largest absolute Gasteiger partial charge is 0.357 e. The van der Waals surface area contributed by atoms with Gasteiger partial charge in [0.1, 0.15) is 0 Å². The fraction of sp³-hybridized carbons (Fsp3) is 0.471. The molecule has 2 atom stereocenters. The summed E-state index contributed by atoms with van der Waals surface area (Å²) in [6, 6.07) is 8.69. The quantitative estimate of drug-likeness (QED) is 0.843. The van der Waals surface area contributed by atoms with Crippen LogP contribution < -0.4 is 5.32 Å². The number of carbonyl (C=O) groups excluding carboxylic acids is 1. The fourth-order valence-electron chi connectivity index (χ4n) is 3.78. The monoisotopic (exact) mass is 283 g/mol. The minimum atomic E-state index is -0.0720. The van der Waals surface area contributed by atoms with Crippen LogP contribution >= 0.6 is 0 Å². The molecule has 2 aliphatic rings. The zero-order chi connectivity index (χ0) is 14.4. The molecule has 110 valence electrons. The number of nitrogens with zero attached hydrogens (tertiary/aromatic N) is 1. The van der Waals surface area contributed by atoms with Gasteiger partial charge < -0.3 is 9.88 Å². The molecule has 1 fully saturated rings. The molecule has 0 radical (unpaired) electrons. The summed E-state index contributed by atoms with van der Waals surface area (Å²) in [6.07, 6.45) is 3.07. The number of rotatable bonds is 1. The van der Waals surface area contributed by atoms with E-state index in [9.17, 15) is 4.79 Å². The Kier molecular flexibility index (Phi) is 3.00. The second-order valence-corrected chi connectivity index (χ2v) is 6.29. The van der Waals surface area contributed by atoms with Crippen LogP contribution in [-0.2, 0) is 17.8 Å². The van der Waals surface area contributed by atoms with Gasteiger partial charge in [-0.1, -0.05) is 18.2 Å². The maximum absolute atomic E-state index is 12.7. The molecule has 0 bridgehead atoms. The van der Waals surface area contributed by atoms with Gasteiger partial charge >= 0.3 is 0 Å². The second kappa shape index (κ2) is 4.88. The van der Waals surface area contributed by atoms with Crippen LogP contribution in [0.2, 0.25) is 0 Å². The van der Waals surface area contributed by atoms with Crippen LogP contribution in [0.3, 0.4) is 0 Å². The molecule has 0 spiro atoms. The maximum Gasteiger partial charge on any atom is 0.240 e. The van der Waals surface area contributed by atoms with Crippen LogP contribution in [-0.4, -0.2) is 34.4 Å². The molecule has 4 heteroatoms. The van der Waals surface area contributed by atoms with Crippen LogP contribution in [0.15, 0.2) is 24.3 Å². The van der Waals surface area contributed by atoms with Crippen LogP contribution in [0.5, 0.6) is 0 Å². The minimum absolute atomic E-state index is 0.0720. The summed E-state index contributed by atoms with van der Waals surface area (Å²) in [5.41, 5.74) is 3.72. The first kappa shape index (κ1) is 12.9. The normalized spacial score (nSPS) is 25.3. The van der Waals surface area contributed by atoms with Crippen molar-refractivity contribution >= 4 is 16.8 Å². The van der Waals surface area contributed by atoms with Crippen LogP contribution in [0, 0.1) is 0 Å². The topological polar surface area (TPSA) is 48.1 Å². The van der Waals surface area contributed by atoms with Crippen molar-refractivity contribution in [3.05, 3.63) is 35.5 Å². The summed E-state index contributed by atoms with van der Waals surface area (Å²) in [6.45, 7) is 3.83. The number of para-hydroxylation sites is 1. The van der Waals surface area contributed by atoms with Gasteiger partial charge in [-0.05, 0) is 37.8 Å². The Hall–Kier alpha value is -1.81. The number of amides is 1. The third kappa shape index (κ3) is 2.05. The summed E-state index contributed by atoms with van der Waals surface area (Å²) >= 11 is 0. The third-order valence-corrected chi connectivity index (χ3v) is 4.97. The van der Waals surface area contributed by atoms with E-state index < -0.39 is 0 Å². The average molecular weight is 283 g/mol. The van der Waals surface area contributed by atoms with E-state index in [4.69, 9.17) is 0 Å². The number of nitrogens with one attached hydrogen (secondary N) is 2. The van der Waals surface area contributed by atoms with Crippen molar-refractivity contribution < 1.29 is 4.79 Å². The summed E-state index contributed by atoms with van der Waals surface area (Å²) in [4.78, 5) is 18.3. The number of hydrogen-bond donors (Lipinski definition) is 2. The van der Waals surface area contributed by atoms with Crippen molar-refractivity contribution in [2.24, 2.45) is 0 Å². The summed E-state index contributed by atoms with van der Waals surface area (Å²) < 4.78 is 0. The van der Waals surface area contributed by atoms with Crippen molar-refractivity contribution in [1.82, 2.24) is 15.2 Å². The average Bonchev–Trinajstić information content (AvgIpc) is 3.09. The first-order valence-electron chi connectivity index (χ1n) is 7.86. The number of fused-ring (bicyclic) bond motifs is 3. The van der Waals surface area contributed by atoms with Gasteiger partial charge in [0.15, 0.2) is 0 Å². The van der Waals surface area contributed by atoms with Gasteiger partial charge in [-0.15, -0.1) is 0 Å². The van der Waals surface area contributed by atoms with E-state index in [2.05, 4.69) is 40.3 Å². The third-order valence-electron chi connectivity index (χ3n) is 4.97. The van der Waals surface area contributed by atoms with Gasteiger partial charge in [-0.25, -0.2) is 0 Å². The van der Waals surface area contributed by atoms with E-state index in [1.807, 2.05) is 6.07 Å². The smallest absolute Gasteiger partial charge is 0.240 e. The van der Waals surface area contributed by atoms with Gasteiger partial charge in [-0.3, -0.25) is 10.1 Å². The van der Waals surface area contributed by atoms with Crippen LogP contribution in [0.4, 0.5) is 0 Å². The molecule has 0 aliphatic carbocycles. The molecule has 2 aromatic rings. The number of benzene rings is 1. The van der Waals surface area contributed by atoms with Gasteiger partial charge in [0.25, 0.3) is 0 Å². The highest BCUT2D eigenvalue weighted by Gasteiger charge is 2.33. The molecule has 4 rings (SSSR count). The predicted molar refractivity (Wildman–Crippen MR) is 83.0 cm³/mol. The lowest BCUT2D eigenvalue weighted by Gasteiger charge is -2.30. The zero-order valence-electron chi connectivity index (χ0n) is 12.4. The molecule has 3 heterocycles. The van der Waals surface area contributed by atoms with E-state index in [1.54, 1.807) is 0 Å². The van der Waals surface area contributed by atoms with Gasteiger partial charge in [0, 0.05) is 35.7 Å². The highest BCUT2D eigenvalue weighted by atomic mass is 16.2. The maximum atomic E-state index is 12.7. The lowest BCUT2D eigenvalue weighted by atomic mass is 9.97. The Morgan fingerprint density at radius 3 is 3.00 bits per heavy atom. The number of carbonyl (C=O) groups is 1. The van der Waals surface area contributed by atoms with Crippen molar-refractivity contribution in [2.75, 3.05) is 6.54 Å². The van der Waals surface area contributed by atoms with Crippen molar-refractivity contribution in [1.29, 1.82) is 0 Å². The van der Waals surface area contributed by atoms with Crippen molar-refractivity contribution in [3.63, 3.8) is 0 Å². The molecule has 0 saturated carbocycles. The van der Waals surface area contributed by atoms with Gasteiger partial charge in [-0.2, -0.15) is 0 Å². The van der Waals surface area contributed by atoms with Gasteiger partial charge in [0.05, 0.1) is 6.04 Å². The molecule has 2 aliphatic heterocycles. The number of aromatic nitrogens is 1. The van der Waals surface area contributed by atoms with Gasteiger partial charge in [0.2, 0.25) is 5.91 Å². The molecule has 4 nitrogen and oxygen atoms in total. The van der Waals surface area contributed by atoms with E-state index in [0.29, 0.717) is 6.04 Å². The molecule has 1 saturated heterocycles. The first-order valence-corrected chi connectivity index (χ1v) is 7.86. The molecular formula is C17H21N3O. The lowest BCUT2D eigenvalue weighted by Crippen LogP contribution is -2.50. The zero-order valence-corrected chi connectivity index (χ0v) is 12.4. The Morgan fingerprint density at radius 2 is 2.19 bits per heavy atom. The molecule has 1 aromatic heterocycles. The number of aromatic amines is 1. The Morgan fingerprint density at radius 1 is 1.33 bits per heavy atom. The summed E-state index contributed by atoms with van der Waals surface area (Å²) in [5.74, 6) is 0.274. The Balaban J connectivity index is 1.62. The Labute approximate surface area is 124 Å². The number of likely N-dealkylation sites (tertiary alicyclic amines) is 1. The molecular weight excluding hydrogens is 262 g/mol. The minimum Gasteiger partial charge on any atom is -0.357 e. The van der Waals surface area contributed by atoms with E-state index >= 15 is 0 Å². The standard InChI is InChI=1S/C17H21N3O/c1-11-5-4-8-20(11)17(21)15-9-13-12-6-2-3-7-14(12)19-16(13)10-18-15/h2-3,6-7,11,15,18-19H,4-5,8-10H2,1H3/t11-,15?/m1/s1. The van der Waals surface area contributed by atoms with E-state index in [-0.39, 0.29) is 11.9 Å². The highest BCUT2D eigenvalue weighted by Crippen LogP contribution is 2.28. The van der Waals surface area contributed by atoms with Crippen molar-refractivity contribution in [3.8, 4) is 0 Å². The molecule has 2 N–H and O–H groups in total. The SMILES string of the molecule is C[C@@H]1CCCN1C(=O)C1Cc2c([nH]c3ccccc23)CN1. The summed E-state index contributed by atoms with van der Waals surface area (Å²) in [5, 5.41) is 4.68. The number of H-pyrrole nitrogens is 1. The first-order chi connectivity index (χ1) is 10.2. The molecule has 21 heavy (non-hydrogen) atoms. The molecule has 1 aromatic carbocycles.